The fourth-order valence-electron chi connectivity index (χ4n) is 2.49. The fourth-order valence-corrected chi connectivity index (χ4v) is 2.49. The van der Waals surface area contributed by atoms with Crippen molar-refractivity contribution in [3.05, 3.63) is 53.6 Å². The molecule has 0 aliphatic rings. The zero-order valence-electron chi connectivity index (χ0n) is 16.1. The van der Waals surface area contributed by atoms with Gasteiger partial charge in [-0.15, -0.1) is 0 Å². The van der Waals surface area contributed by atoms with Crippen molar-refractivity contribution < 1.29 is 23.7 Å². The molecule has 0 atom stereocenters. The van der Waals surface area contributed by atoms with E-state index in [1.165, 1.54) is 0 Å². The predicted octanol–water partition coefficient (Wildman–Crippen LogP) is 3.44. The van der Waals surface area contributed by atoms with Gasteiger partial charge in [0, 0.05) is 6.54 Å². The molecule has 2 aromatic rings. The van der Waals surface area contributed by atoms with E-state index < -0.39 is 0 Å². The third-order valence-corrected chi connectivity index (χ3v) is 3.84. The summed E-state index contributed by atoms with van der Waals surface area (Å²) >= 11 is 0. The molecule has 144 valence electrons. The fraction of sp³-hybridized carbons (Fsp3) is 0.286. The number of allylic oxidation sites excluding steroid dienone is 1. The molecule has 6 heteroatoms. The first-order valence-electron chi connectivity index (χ1n) is 8.52. The molecule has 0 aliphatic carbocycles. The summed E-state index contributed by atoms with van der Waals surface area (Å²) in [5, 5.41) is 2.81. The standard InChI is InChI=1S/C21H25NO5/c1-5-6-15-7-10-18(20(11-15)26-4)27-14-21(23)22-13-16-8-9-17(24-2)19(12-16)25-3/h5-12H,13-14H2,1-4H3,(H,22,23)/b6-5+. The topological polar surface area (TPSA) is 66.0 Å². The van der Waals surface area contributed by atoms with Gasteiger partial charge in [-0.3, -0.25) is 4.79 Å². The van der Waals surface area contributed by atoms with Gasteiger partial charge in [0.2, 0.25) is 0 Å². The molecule has 0 aliphatic heterocycles. The summed E-state index contributed by atoms with van der Waals surface area (Å²) in [6.45, 7) is 2.20. The number of methoxy groups -OCH3 is 3. The second kappa shape index (κ2) is 10.1. The number of amides is 1. The lowest BCUT2D eigenvalue weighted by atomic mass is 10.2. The van der Waals surface area contributed by atoms with E-state index in [2.05, 4.69) is 5.32 Å². The SMILES string of the molecule is C/C=C/c1ccc(OCC(=O)NCc2ccc(OC)c(OC)c2)c(OC)c1. The molecule has 2 aromatic carbocycles. The van der Waals surface area contributed by atoms with Crippen LogP contribution < -0.4 is 24.3 Å². The van der Waals surface area contributed by atoms with Crippen LogP contribution in [0.25, 0.3) is 6.08 Å². The molecule has 1 amide bonds. The maximum absolute atomic E-state index is 12.1. The molecule has 0 spiro atoms. The van der Waals surface area contributed by atoms with Crippen LogP contribution in [0.5, 0.6) is 23.0 Å². The average Bonchev–Trinajstić information content (AvgIpc) is 2.71. The second-order valence-corrected chi connectivity index (χ2v) is 5.67. The van der Waals surface area contributed by atoms with Crippen molar-refractivity contribution >= 4 is 12.0 Å². The first-order chi connectivity index (χ1) is 13.1. The smallest absolute Gasteiger partial charge is 0.258 e. The van der Waals surface area contributed by atoms with Gasteiger partial charge < -0.3 is 24.3 Å². The zero-order valence-corrected chi connectivity index (χ0v) is 16.1. The number of carbonyl (C=O) groups excluding carboxylic acids is 1. The molecule has 0 saturated heterocycles. The highest BCUT2D eigenvalue weighted by Gasteiger charge is 2.09. The van der Waals surface area contributed by atoms with Crippen molar-refractivity contribution in [2.75, 3.05) is 27.9 Å². The van der Waals surface area contributed by atoms with Crippen LogP contribution in [0.15, 0.2) is 42.5 Å². The number of hydrogen-bond acceptors (Lipinski definition) is 5. The number of carbonyl (C=O) groups is 1. The van der Waals surface area contributed by atoms with E-state index in [1.54, 1.807) is 33.5 Å². The lowest BCUT2D eigenvalue weighted by Gasteiger charge is -2.12. The van der Waals surface area contributed by atoms with E-state index in [0.717, 1.165) is 11.1 Å². The molecular weight excluding hydrogens is 346 g/mol. The van der Waals surface area contributed by atoms with E-state index in [-0.39, 0.29) is 12.5 Å². The summed E-state index contributed by atoms with van der Waals surface area (Å²) in [5.41, 5.74) is 1.90. The Morgan fingerprint density at radius 1 is 0.926 bits per heavy atom. The second-order valence-electron chi connectivity index (χ2n) is 5.67. The van der Waals surface area contributed by atoms with Crippen molar-refractivity contribution in [3.8, 4) is 23.0 Å². The number of hydrogen-bond donors (Lipinski definition) is 1. The first kappa shape index (κ1) is 20.2. The molecular formula is C21H25NO5. The van der Waals surface area contributed by atoms with Gasteiger partial charge >= 0.3 is 0 Å². The lowest BCUT2D eigenvalue weighted by Crippen LogP contribution is -2.28. The van der Waals surface area contributed by atoms with Crippen LogP contribution in [-0.2, 0) is 11.3 Å². The Kier molecular flexibility index (Phi) is 7.55. The normalized spacial score (nSPS) is 10.5. The van der Waals surface area contributed by atoms with E-state index in [0.29, 0.717) is 29.5 Å². The Morgan fingerprint density at radius 2 is 1.59 bits per heavy atom. The van der Waals surface area contributed by atoms with Crippen LogP contribution in [0.1, 0.15) is 18.1 Å². The van der Waals surface area contributed by atoms with Gasteiger partial charge in [0.15, 0.2) is 29.6 Å². The van der Waals surface area contributed by atoms with Gasteiger partial charge in [0.1, 0.15) is 0 Å². The summed E-state index contributed by atoms with van der Waals surface area (Å²) < 4.78 is 21.4. The number of benzene rings is 2. The highest BCUT2D eigenvalue weighted by atomic mass is 16.5. The number of nitrogens with one attached hydrogen (secondary N) is 1. The Balaban J connectivity index is 1.91. The molecule has 0 radical (unpaired) electrons. The minimum atomic E-state index is -0.232. The Hall–Kier alpha value is -3.15. The zero-order chi connectivity index (χ0) is 19.6. The van der Waals surface area contributed by atoms with Gasteiger partial charge in [0.25, 0.3) is 5.91 Å². The molecule has 27 heavy (non-hydrogen) atoms. The van der Waals surface area contributed by atoms with E-state index >= 15 is 0 Å². The molecule has 0 heterocycles. The van der Waals surface area contributed by atoms with Gasteiger partial charge in [-0.1, -0.05) is 24.3 Å². The van der Waals surface area contributed by atoms with Crippen molar-refractivity contribution in [2.45, 2.75) is 13.5 Å². The average molecular weight is 371 g/mol. The molecule has 0 bridgehead atoms. The maximum atomic E-state index is 12.1. The monoisotopic (exact) mass is 371 g/mol. The van der Waals surface area contributed by atoms with E-state index in [9.17, 15) is 4.79 Å². The predicted molar refractivity (Wildman–Crippen MR) is 105 cm³/mol. The van der Waals surface area contributed by atoms with Crippen LogP contribution >= 0.6 is 0 Å². The molecule has 0 fully saturated rings. The summed E-state index contributed by atoms with van der Waals surface area (Å²) in [4.78, 5) is 12.1. The van der Waals surface area contributed by atoms with Crippen molar-refractivity contribution in [2.24, 2.45) is 0 Å². The third kappa shape index (κ3) is 5.67. The van der Waals surface area contributed by atoms with Crippen molar-refractivity contribution in [3.63, 3.8) is 0 Å². The Bertz CT molecular complexity index is 801. The highest BCUT2D eigenvalue weighted by molar-refractivity contribution is 5.77. The minimum absolute atomic E-state index is 0.105. The Labute approximate surface area is 159 Å². The number of ether oxygens (including phenoxy) is 4. The summed E-state index contributed by atoms with van der Waals surface area (Å²) in [5.74, 6) is 2.13. The lowest BCUT2D eigenvalue weighted by molar-refractivity contribution is -0.123. The van der Waals surface area contributed by atoms with Crippen LogP contribution in [0.2, 0.25) is 0 Å². The van der Waals surface area contributed by atoms with Crippen molar-refractivity contribution in [1.82, 2.24) is 5.32 Å². The molecule has 2 rings (SSSR count). The van der Waals surface area contributed by atoms with Gasteiger partial charge in [-0.25, -0.2) is 0 Å². The molecule has 1 N–H and O–H groups in total. The number of rotatable bonds is 9. The van der Waals surface area contributed by atoms with Crippen LogP contribution in [0.4, 0.5) is 0 Å². The highest BCUT2D eigenvalue weighted by Crippen LogP contribution is 2.29. The van der Waals surface area contributed by atoms with Gasteiger partial charge in [0.05, 0.1) is 21.3 Å². The Morgan fingerprint density at radius 3 is 2.26 bits per heavy atom. The van der Waals surface area contributed by atoms with E-state index in [1.807, 2.05) is 43.3 Å². The summed E-state index contributed by atoms with van der Waals surface area (Å²) in [6, 6.07) is 11.0. The maximum Gasteiger partial charge on any atom is 0.258 e. The van der Waals surface area contributed by atoms with Crippen LogP contribution in [-0.4, -0.2) is 33.8 Å². The molecule has 0 aromatic heterocycles. The summed E-state index contributed by atoms with van der Waals surface area (Å²) in [6.07, 6.45) is 3.90. The summed E-state index contributed by atoms with van der Waals surface area (Å²) in [7, 11) is 4.72. The third-order valence-electron chi connectivity index (χ3n) is 3.84. The minimum Gasteiger partial charge on any atom is -0.493 e. The quantitative estimate of drug-likeness (QED) is 0.731. The van der Waals surface area contributed by atoms with Crippen LogP contribution in [0.3, 0.4) is 0 Å². The van der Waals surface area contributed by atoms with Gasteiger partial charge in [-0.05, 0) is 42.3 Å². The van der Waals surface area contributed by atoms with Gasteiger partial charge in [-0.2, -0.15) is 0 Å². The molecule has 0 unspecified atom stereocenters. The largest absolute Gasteiger partial charge is 0.493 e. The molecule has 0 saturated carbocycles. The van der Waals surface area contributed by atoms with E-state index in [4.69, 9.17) is 18.9 Å². The van der Waals surface area contributed by atoms with Crippen molar-refractivity contribution in [1.29, 1.82) is 0 Å². The molecule has 6 nitrogen and oxygen atoms in total. The first-order valence-corrected chi connectivity index (χ1v) is 8.52. The van der Waals surface area contributed by atoms with Crippen LogP contribution in [0, 0.1) is 0 Å².